The number of aromatic amines is 1. The number of aliphatic hydroxyl groups excluding tert-OH is 2. The molecule has 1 aromatic heterocycles. The summed E-state index contributed by atoms with van der Waals surface area (Å²) in [6.07, 6.45) is -0.121. The number of rotatable bonds is 2. The van der Waals surface area contributed by atoms with Gasteiger partial charge in [0.2, 0.25) is 0 Å². The molecule has 4 atom stereocenters. The van der Waals surface area contributed by atoms with Crippen molar-refractivity contribution >= 4 is 0 Å². The van der Waals surface area contributed by atoms with Crippen LogP contribution in [-0.2, 0) is 4.74 Å². The van der Waals surface area contributed by atoms with Crippen LogP contribution in [0, 0.1) is 11.8 Å². The van der Waals surface area contributed by atoms with E-state index >= 15 is 0 Å². The first-order chi connectivity index (χ1) is 9.54. The minimum Gasteiger partial charge on any atom is -0.387 e. The van der Waals surface area contributed by atoms with Crippen molar-refractivity contribution in [2.45, 2.75) is 31.5 Å². The van der Waals surface area contributed by atoms with E-state index in [1.54, 1.807) is 6.92 Å². The fraction of sp³-hybridized carbons (Fsp3) is 0.385. The van der Waals surface area contributed by atoms with Crippen LogP contribution in [0.4, 0.5) is 0 Å². The highest BCUT2D eigenvalue weighted by molar-refractivity contribution is 5.17. The van der Waals surface area contributed by atoms with Gasteiger partial charge in [-0.2, -0.15) is 0 Å². The molecule has 2 heterocycles. The number of H-pyrrole nitrogens is 1. The molecule has 0 bridgehead atoms. The van der Waals surface area contributed by atoms with Crippen LogP contribution in [0.5, 0.6) is 0 Å². The molecule has 1 fully saturated rings. The van der Waals surface area contributed by atoms with E-state index in [0.29, 0.717) is 0 Å². The number of aromatic nitrogens is 2. The summed E-state index contributed by atoms with van der Waals surface area (Å²) in [4.78, 5) is 24.7. The fourth-order valence-corrected chi connectivity index (χ4v) is 1.93. The maximum absolute atomic E-state index is 11.6. The van der Waals surface area contributed by atoms with Gasteiger partial charge in [-0.05, 0) is 19.1 Å². The molecule has 1 aliphatic rings. The number of hydrogen-bond acceptors (Lipinski definition) is 5. The zero-order valence-corrected chi connectivity index (χ0v) is 10.7. The first kappa shape index (κ1) is 14.3. The Hall–Kier alpha value is -2.14. The van der Waals surface area contributed by atoms with Gasteiger partial charge in [0.1, 0.15) is 18.3 Å². The van der Waals surface area contributed by atoms with Gasteiger partial charge in [-0.3, -0.25) is 14.3 Å². The smallest absolute Gasteiger partial charge is 0.330 e. The molecule has 0 aromatic carbocycles. The third kappa shape index (κ3) is 2.72. The Morgan fingerprint density at radius 2 is 2.15 bits per heavy atom. The summed E-state index contributed by atoms with van der Waals surface area (Å²) < 4.78 is 6.45. The largest absolute Gasteiger partial charge is 0.387 e. The van der Waals surface area contributed by atoms with Gasteiger partial charge in [0, 0.05) is 12.3 Å². The average molecular weight is 278 g/mol. The zero-order chi connectivity index (χ0) is 14.7. The Kier molecular flexibility index (Phi) is 4.20. The highest BCUT2D eigenvalue weighted by atomic mass is 16.6. The molecule has 7 heteroatoms. The average Bonchev–Trinajstić information content (AvgIpc) is 2.68. The van der Waals surface area contributed by atoms with E-state index in [1.807, 2.05) is 0 Å². The topological polar surface area (TPSA) is 105 Å². The summed E-state index contributed by atoms with van der Waals surface area (Å²) in [6.45, 7) is 1.66. The van der Waals surface area contributed by atoms with Crippen LogP contribution in [0.1, 0.15) is 13.2 Å². The van der Waals surface area contributed by atoms with Crippen molar-refractivity contribution in [1.82, 2.24) is 9.55 Å². The Labute approximate surface area is 114 Å². The molecule has 0 amide bonds. The number of allylic oxidation sites excluding steroid dienone is 1. The summed E-state index contributed by atoms with van der Waals surface area (Å²) in [7, 11) is 0. The van der Waals surface area contributed by atoms with Crippen LogP contribution in [0.15, 0.2) is 34.0 Å². The van der Waals surface area contributed by atoms with Crippen molar-refractivity contribution < 1.29 is 14.9 Å². The molecule has 3 N–H and O–H groups in total. The Balaban J connectivity index is 2.27. The second-order valence-electron chi connectivity index (χ2n) is 4.24. The third-order valence-electron chi connectivity index (χ3n) is 2.91. The lowest BCUT2D eigenvalue weighted by Gasteiger charge is -2.16. The normalized spacial score (nSPS) is 29.4. The standard InChI is InChI=1S/C13H14N2O5/c1-2-3-4-5-8-10(17)11(18)12(20-8)15-7-6-9(16)14-13(15)19/h4-8,10-12,17-18H,1H3,(H,14,16,19)/t8-,10-,11-,12-/m1/s1. The summed E-state index contributed by atoms with van der Waals surface area (Å²) in [5.41, 5.74) is -1.26. The van der Waals surface area contributed by atoms with E-state index in [2.05, 4.69) is 16.8 Å². The van der Waals surface area contributed by atoms with Crippen LogP contribution in [0.25, 0.3) is 0 Å². The predicted octanol–water partition coefficient (Wildman–Crippen LogP) is -1.26. The molecule has 0 aliphatic carbocycles. The Morgan fingerprint density at radius 3 is 2.80 bits per heavy atom. The molecule has 0 radical (unpaired) electrons. The van der Waals surface area contributed by atoms with Gasteiger partial charge in [0.05, 0.1) is 0 Å². The van der Waals surface area contributed by atoms with Crippen LogP contribution in [0.2, 0.25) is 0 Å². The second kappa shape index (κ2) is 5.88. The van der Waals surface area contributed by atoms with Crippen LogP contribution in [0.3, 0.4) is 0 Å². The molecule has 0 saturated carbocycles. The molecular formula is C13H14N2O5. The van der Waals surface area contributed by atoms with Gasteiger partial charge < -0.3 is 14.9 Å². The molecule has 20 heavy (non-hydrogen) atoms. The summed E-state index contributed by atoms with van der Waals surface area (Å²) in [5, 5.41) is 19.8. The lowest BCUT2D eigenvalue weighted by atomic mass is 10.1. The van der Waals surface area contributed by atoms with E-state index in [4.69, 9.17) is 4.74 Å². The fourth-order valence-electron chi connectivity index (χ4n) is 1.93. The number of aliphatic hydroxyl groups is 2. The molecule has 2 rings (SSSR count). The maximum Gasteiger partial charge on any atom is 0.330 e. The van der Waals surface area contributed by atoms with Gasteiger partial charge in [-0.15, -0.1) is 5.92 Å². The van der Waals surface area contributed by atoms with Crippen molar-refractivity contribution in [2.75, 3.05) is 0 Å². The number of nitrogens with zero attached hydrogens (tertiary/aromatic N) is 1. The summed E-state index contributed by atoms with van der Waals surface area (Å²) >= 11 is 0. The third-order valence-corrected chi connectivity index (χ3v) is 2.91. The minimum atomic E-state index is -1.29. The molecule has 7 nitrogen and oxygen atoms in total. The van der Waals surface area contributed by atoms with E-state index in [9.17, 15) is 19.8 Å². The van der Waals surface area contributed by atoms with Crippen LogP contribution >= 0.6 is 0 Å². The molecule has 1 aliphatic heterocycles. The van der Waals surface area contributed by atoms with Gasteiger partial charge >= 0.3 is 5.69 Å². The van der Waals surface area contributed by atoms with Gasteiger partial charge in [0.25, 0.3) is 5.56 Å². The number of ether oxygens (including phenoxy) is 1. The van der Waals surface area contributed by atoms with Gasteiger partial charge in [-0.25, -0.2) is 4.79 Å². The molecule has 0 spiro atoms. The molecule has 1 saturated heterocycles. The van der Waals surface area contributed by atoms with E-state index < -0.39 is 35.8 Å². The molecule has 106 valence electrons. The van der Waals surface area contributed by atoms with Crippen molar-refractivity contribution in [3.05, 3.63) is 45.3 Å². The van der Waals surface area contributed by atoms with Crippen molar-refractivity contribution in [1.29, 1.82) is 0 Å². The second-order valence-corrected chi connectivity index (χ2v) is 4.24. The van der Waals surface area contributed by atoms with E-state index in [0.717, 1.165) is 10.6 Å². The number of hydrogen-bond donors (Lipinski definition) is 3. The maximum atomic E-state index is 11.6. The van der Waals surface area contributed by atoms with Crippen molar-refractivity contribution in [3.63, 3.8) is 0 Å². The SMILES string of the molecule is CC#CC=C[C@H]1O[C@@H](n2ccc(=O)[nH]c2=O)[C@H](O)[C@@H]1O. The monoisotopic (exact) mass is 278 g/mol. The predicted molar refractivity (Wildman–Crippen MR) is 69.8 cm³/mol. The lowest BCUT2D eigenvalue weighted by Crippen LogP contribution is -2.37. The van der Waals surface area contributed by atoms with Crippen LogP contribution in [-0.4, -0.2) is 38.1 Å². The molecule has 1 aromatic rings. The van der Waals surface area contributed by atoms with E-state index in [1.165, 1.54) is 18.3 Å². The van der Waals surface area contributed by atoms with Gasteiger partial charge in [0.15, 0.2) is 6.23 Å². The Bertz CT molecular complexity index is 678. The first-order valence-electron chi connectivity index (χ1n) is 5.96. The zero-order valence-electron chi connectivity index (χ0n) is 10.7. The highest BCUT2D eigenvalue weighted by Gasteiger charge is 2.42. The van der Waals surface area contributed by atoms with Crippen LogP contribution < -0.4 is 11.2 Å². The van der Waals surface area contributed by atoms with Crippen molar-refractivity contribution in [3.8, 4) is 11.8 Å². The van der Waals surface area contributed by atoms with Crippen molar-refractivity contribution in [2.24, 2.45) is 0 Å². The number of nitrogens with one attached hydrogen (secondary N) is 1. The first-order valence-corrected chi connectivity index (χ1v) is 5.96. The summed E-state index contributed by atoms with van der Waals surface area (Å²) in [6, 6.07) is 1.13. The molecule has 0 unspecified atom stereocenters. The van der Waals surface area contributed by atoms with Gasteiger partial charge in [-0.1, -0.05) is 5.92 Å². The quantitative estimate of drug-likeness (QED) is 0.585. The lowest BCUT2D eigenvalue weighted by molar-refractivity contribution is -0.0297. The molecular weight excluding hydrogens is 264 g/mol. The van der Waals surface area contributed by atoms with E-state index in [-0.39, 0.29) is 0 Å². The Morgan fingerprint density at radius 1 is 1.40 bits per heavy atom. The minimum absolute atomic E-state index is 0.547. The summed E-state index contributed by atoms with van der Waals surface area (Å²) in [5.74, 6) is 5.31. The highest BCUT2D eigenvalue weighted by Crippen LogP contribution is 2.28.